The van der Waals surface area contributed by atoms with Crippen molar-refractivity contribution in [2.45, 2.75) is 13.0 Å². The Morgan fingerprint density at radius 3 is 2.63 bits per heavy atom. The van der Waals surface area contributed by atoms with Gasteiger partial charge in [-0.1, -0.05) is 24.3 Å². The summed E-state index contributed by atoms with van der Waals surface area (Å²) in [6.45, 7) is 1.61. The fourth-order valence-electron chi connectivity index (χ4n) is 3.58. The van der Waals surface area contributed by atoms with Gasteiger partial charge in [0.25, 0.3) is 0 Å². The molecule has 1 fully saturated rings. The van der Waals surface area contributed by atoms with Crippen molar-refractivity contribution in [3.05, 3.63) is 59.9 Å². The van der Waals surface area contributed by atoms with E-state index >= 15 is 0 Å². The van der Waals surface area contributed by atoms with Crippen LogP contribution < -0.4 is 9.64 Å². The lowest BCUT2D eigenvalue weighted by molar-refractivity contribution is -0.136. The molecule has 0 radical (unpaired) electrons. The monoisotopic (exact) mass is 413 g/mol. The summed E-state index contributed by atoms with van der Waals surface area (Å²) in [6, 6.07) is 13.7. The highest BCUT2D eigenvalue weighted by molar-refractivity contribution is 6.00. The van der Waals surface area contributed by atoms with Crippen molar-refractivity contribution in [1.82, 2.24) is 9.80 Å². The first-order chi connectivity index (χ1) is 14.4. The number of likely N-dealkylation sites (N-methyl/N-ethyl adjacent to an activating group) is 1. The Kier molecular flexibility index (Phi) is 7.05. The van der Waals surface area contributed by atoms with Gasteiger partial charge in [0.1, 0.15) is 11.6 Å². The molecule has 30 heavy (non-hydrogen) atoms. The Hall–Kier alpha value is -2.93. The van der Waals surface area contributed by atoms with Crippen LogP contribution in [-0.2, 0) is 16.1 Å². The smallest absolute Gasteiger partial charge is 0.228 e. The topological polar surface area (TPSA) is 53.1 Å². The molecule has 0 spiro atoms. The zero-order valence-corrected chi connectivity index (χ0v) is 17.7. The van der Waals surface area contributed by atoms with Gasteiger partial charge in [0.15, 0.2) is 0 Å². The molecule has 1 heterocycles. The summed E-state index contributed by atoms with van der Waals surface area (Å²) in [5.74, 6) is -0.362. The molecule has 160 valence electrons. The van der Waals surface area contributed by atoms with Crippen molar-refractivity contribution < 1.29 is 18.7 Å². The van der Waals surface area contributed by atoms with E-state index in [0.29, 0.717) is 36.6 Å². The second kappa shape index (κ2) is 9.71. The fraction of sp³-hybridized carbons (Fsp3) is 0.391. The highest BCUT2D eigenvalue weighted by Crippen LogP contribution is 2.29. The van der Waals surface area contributed by atoms with E-state index in [0.717, 1.165) is 0 Å². The summed E-state index contributed by atoms with van der Waals surface area (Å²) in [6.07, 6.45) is 0.145. The van der Waals surface area contributed by atoms with Crippen molar-refractivity contribution in [2.75, 3.05) is 45.7 Å². The maximum Gasteiger partial charge on any atom is 0.228 e. The van der Waals surface area contributed by atoms with Crippen molar-refractivity contribution in [1.29, 1.82) is 0 Å². The molecule has 0 bridgehead atoms. The van der Waals surface area contributed by atoms with Gasteiger partial charge < -0.3 is 19.4 Å². The minimum atomic E-state index is -0.461. The number of anilines is 1. The molecule has 1 aliphatic heterocycles. The first-order valence-electron chi connectivity index (χ1n) is 10.0. The number of ether oxygens (including phenoxy) is 1. The first-order valence-corrected chi connectivity index (χ1v) is 10.0. The van der Waals surface area contributed by atoms with Crippen LogP contribution in [0.5, 0.6) is 5.75 Å². The van der Waals surface area contributed by atoms with E-state index in [1.54, 1.807) is 41.2 Å². The summed E-state index contributed by atoms with van der Waals surface area (Å²) in [5, 5.41) is 0. The maximum atomic E-state index is 14.2. The van der Waals surface area contributed by atoms with Crippen LogP contribution in [0, 0.1) is 11.7 Å². The van der Waals surface area contributed by atoms with Crippen LogP contribution in [0.15, 0.2) is 48.5 Å². The standard InChI is InChI=1S/C23H28FN3O3/c1-25(2)11-12-26(15-17-7-4-5-10-21(17)24)23(29)18-13-22(28)27(16-18)19-8-6-9-20(14-19)30-3/h4-10,14,18H,11-13,15-16H2,1-3H3. The average molecular weight is 413 g/mol. The summed E-state index contributed by atoms with van der Waals surface area (Å²) < 4.78 is 19.4. The number of benzene rings is 2. The van der Waals surface area contributed by atoms with Crippen LogP contribution in [0.1, 0.15) is 12.0 Å². The van der Waals surface area contributed by atoms with Gasteiger partial charge in [-0.05, 0) is 32.3 Å². The summed E-state index contributed by atoms with van der Waals surface area (Å²) >= 11 is 0. The number of methoxy groups -OCH3 is 1. The third-order valence-electron chi connectivity index (χ3n) is 5.29. The number of nitrogens with zero attached hydrogens (tertiary/aromatic N) is 3. The van der Waals surface area contributed by atoms with E-state index in [9.17, 15) is 14.0 Å². The first kappa shape index (κ1) is 21.8. The Morgan fingerprint density at radius 2 is 1.93 bits per heavy atom. The Balaban J connectivity index is 1.76. The molecule has 7 heteroatoms. The molecule has 1 aliphatic rings. The van der Waals surface area contributed by atoms with Crippen molar-refractivity contribution in [2.24, 2.45) is 5.92 Å². The molecule has 0 aromatic heterocycles. The Morgan fingerprint density at radius 1 is 1.17 bits per heavy atom. The van der Waals surface area contributed by atoms with Crippen LogP contribution in [0.25, 0.3) is 0 Å². The molecule has 1 saturated heterocycles. The van der Waals surface area contributed by atoms with Crippen molar-refractivity contribution >= 4 is 17.5 Å². The second-order valence-electron chi connectivity index (χ2n) is 7.76. The molecule has 6 nitrogen and oxygen atoms in total. The number of carbonyl (C=O) groups excluding carboxylic acids is 2. The number of halogens is 1. The van der Waals surface area contributed by atoms with Crippen LogP contribution in [0.4, 0.5) is 10.1 Å². The van der Waals surface area contributed by atoms with Crippen LogP contribution in [0.2, 0.25) is 0 Å². The van der Waals surface area contributed by atoms with Crippen LogP contribution >= 0.6 is 0 Å². The molecule has 0 aliphatic carbocycles. The molecular weight excluding hydrogens is 385 g/mol. The third-order valence-corrected chi connectivity index (χ3v) is 5.29. The summed E-state index contributed by atoms with van der Waals surface area (Å²) in [5.41, 5.74) is 1.18. The molecule has 0 N–H and O–H groups in total. The van der Waals surface area contributed by atoms with Crippen LogP contribution in [-0.4, -0.2) is 62.5 Å². The van der Waals surface area contributed by atoms with Crippen LogP contribution in [0.3, 0.4) is 0 Å². The summed E-state index contributed by atoms with van der Waals surface area (Å²) in [7, 11) is 5.42. The molecule has 0 saturated carbocycles. The number of rotatable bonds is 8. The Labute approximate surface area is 176 Å². The zero-order chi connectivity index (χ0) is 21.7. The van der Waals surface area contributed by atoms with Gasteiger partial charge in [0, 0.05) is 49.9 Å². The van der Waals surface area contributed by atoms with Gasteiger partial charge in [-0.15, -0.1) is 0 Å². The van der Waals surface area contributed by atoms with E-state index in [1.807, 2.05) is 37.2 Å². The minimum absolute atomic E-state index is 0.0972. The third kappa shape index (κ3) is 5.16. The highest BCUT2D eigenvalue weighted by Gasteiger charge is 2.37. The van der Waals surface area contributed by atoms with E-state index in [2.05, 4.69) is 0 Å². The lowest BCUT2D eigenvalue weighted by Crippen LogP contribution is -2.40. The van der Waals surface area contributed by atoms with Crippen molar-refractivity contribution in [3.8, 4) is 5.75 Å². The molecule has 2 amide bonds. The van der Waals surface area contributed by atoms with Gasteiger partial charge in [0.2, 0.25) is 11.8 Å². The van der Waals surface area contributed by atoms with Gasteiger partial charge in [0.05, 0.1) is 13.0 Å². The van der Waals surface area contributed by atoms with Gasteiger partial charge in [-0.2, -0.15) is 0 Å². The number of hydrogen-bond donors (Lipinski definition) is 0. The lowest BCUT2D eigenvalue weighted by atomic mass is 10.1. The molecule has 2 aromatic rings. The average Bonchev–Trinajstić information content (AvgIpc) is 3.13. The Bertz CT molecular complexity index is 903. The van der Waals surface area contributed by atoms with Gasteiger partial charge in [-0.25, -0.2) is 4.39 Å². The molecule has 3 rings (SSSR count). The van der Waals surface area contributed by atoms with E-state index in [4.69, 9.17) is 4.74 Å². The lowest BCUT2D eigenvalue weighted by Gasteiger charge is -2.27. The SMILES string of the molecule is COc1cccc(N2CC(C(=O)N(CCN(C)C)Cc3ccccc3F)CC2=O)c1. The molecule has 1 unspecified atom stereocenters. The number of hydrogen-bond acceptors (Lipinski definition) is 4. The minimum Gasteiger partial charge on any atom is -0.497 e. The number of amides is 2. The fourth-order valence-corrected chi connectivity index (χ4v) is 3.58. The largest absolute Gasteiger partial charge is 0.497 e. The predicted molar refractivity (Wildman–Crippen MR) is 114 cm³/mol. The summed E-state index contributed by atoms with van der Waals surface area (Å²) in [4.78, 5) is 31.2. The maximum absolute atomic E-state index is 14.2. The predicted octanol–water partition coefficient (Wildman–Crippen LogP) is 2.78. The second-order valence-corrected chi connectivity index (χ2v) is 7.76. The number of carbonyl (C=O) groups is 2. The van der Waals surface area contributed by atoms with Gasteiger partial charge >= 0.3 is 0 Å². The highest BCUT2D eigenvalue weighted by atomic mass is 19.1. The molecule has 2 aromatic carbocycles. The molecule has 1 atom stereocenters. The molecular formula is C23H28FN3O3. The normalized spacial score (nSPS) is 16.2. The zero-order valence-electron chi connectivity index (χ0n) is 17.7. The van der Waals surface area contributed by atoms with Crippen molar-refractivity contribution in [3.63, 3.8) is 0 Å². The van der Waals surface area contributed by atoms with E-state index in [-0.39, 0.29) is 30.6 Å². The van der Waals surface area contributed by atoms with Gasteiger partial charge in [-0.3, -0.25) is 9.59 Å². The van der Waals surface area contributed by atoms with E-state index < -0.39 is 5.92 Å². The quantitative estimate of drug-likeness (QED) is 0.668. The van der Waals surface area contributed by atoms with E-state index in [1.165, 1.54) is 6.07 Å².